The highest BCUT2D eigenvalue weighted by atomic mass is 16.4. The van der Waals surface area contributed by atoms with E-state index in [-0.39, 0.29) is 5.76 Å². The standard InChI is InChI=1S/C13H19NO3/c1-9-7-11(17-12(9)13(15)16)8-14-6-2-3-10-4-5-10/h7,10,14H,2-6,8H2,1H3,(H,15,16). The Morgan fingerprint density at radius 3 is 2.94 bits per heavy atom. The summed E-state index contributed by atoms with van der Waals surface area (Å²) in [7, 11) is 0. The Labute approximate surface area is 101 Å². The van der Waals surface area contributed by atoms with Gasteiger partial charge in [-0.3, -0.25) is 0 Å². The lowest BCUT2D eigenvalue weighted by Gasteiger charge is -2.01. The first-order chi connectivity index (χ1) is 8.16. The Morgan fingerprint density at radius 2 is 2.35 bits per heavy atom. The van der Waals surface area contributed by atoms with Gasteiger partial charge in [0.2, 0.25) is 5.76 Å². The second kappa shape index (κ2) is 5.36. The van der Waals surface area contributed by atoms with E-state index in [0.29, 0.717) is 17.9 Å². The van der Waals surface area contributed by atoms with Gasteiger partial charge >= 0.3 is 5.97 Å². The van der Waals surface area contributed by atoms with Crippen LogP contribution in [0, 0.1) is 12.8 Å². The summed E-state index contributed by atoms with van der Waals surface area (Å²) in [4.78, 5) is 10.8. The molecule has 1 aromatic heterocycles. The third-order valence-electron chi connectivity index (χ3n) is 3.13. The number of nitrogens with one attached hydrogen (secondary N) is 1. The number of carbonyl (C=O) groups is 1. The molecule has 0 atom stereocenters. The number of carboxylic acid groups (broad SMARTS) is 1. The fourth-order valence-electron chi connectivity index (χ4n) is 1.98. The van der Waals surface area contributed by atoms with E-state index in [1.807, 2.05) is 0 Å². The van der Waals surface area contributed by atoms with E-state index in [0.717, 1.165) is 12.5 Å². The normalized spacial score (nSPS) is 15.1. The predicted octanol–water partition coefficient (Wildman–Crippen LogP) is 2.57. The summed E-state index contributed by atoms with van der Waals surface area (Å²) >= 11 is 0. The van der Waals surface area contributed by atoms with Gasteiger partial charge in [0.05, 0.1) is 6.54 Å². The van der Waals surface area contributed by atoms with Crippen LogP contribution in [-0.2, 0) is 6.54 Å². The molecule has 17 heavy (non-hydrogen) atoms. The minimum absolute atomic E-state index is 0.0554. The van der Waals surface area contributed by atoms with Crippen molar-refractivity contribution in [2.45, 2.75) is 39.2 Å². The van der Waals surface area contributed by atoms with E-state index in [1.54, 1.807) is 13.0 Å². The van der Waals surface area contributed by atoms with E-state index in [1.165, 1.54) is 25.7 Å². The Balaban J connectivity index is 1.70. The number of carboxylic acids is 1. The fraction of sp³-hybridized carbons (Fsp3) is 0.615. The number of aromatic carboxylic acids is 1. The van der Waals surface area contributed by atoms with Crippen molar-refractivity contribution in [1.82, 2.24) is 5.32 Å². The summed E-state index contributed by atoms with van der Waals surface area (Å²) in [5, 5.41) is 12.1. The van der Waals surface area contributed by atoms with Crippen LogP contribution in [0.2, 0.25) is 0 Å². The average molecular weight is 237 g/mol. The number of hydrogen-bond donors (Lipinski definition) is 2. The number of hydrogen-bond acceptors (Lipinski definition) is 3. The van der Waals surface area contributed by atoms with Crippen molar-refractivity contribution in [3.8, 4) is 0 Å². The molecule has 4 heteroatoms. The van der Waals surface area contributed by atoms with Crippen LogP contribution in [-0.4, -0.2) is 17.6 Å². The van der Waals surface area contributed by atoms with Crippen molar-refractivity contribution >= 4 is 5.97 Å². The molecule has 1 aliphatic rings. The molecule has 0 unspecified atom stereocenters. The van der Waals surface area contributed by atoms with Gasteiger partial charge in [-0.1, -0.05) is 12.8 Å². The first-order valence-corrected chi connectivity index (χ1v) is 6.20. The third-order valence-corrected chi connectivity index (χ3v) is 3.13. The van der Waals surface area contributed by atoms with Gasteiger partial charge < -0.3 is 14.8 Å². The van der Waals surface area contributed by atoms with Crippen LogP contribution in [0.5, 0.6) is 0 Å². The van der Waals surface area contributed by atoms with Gasteiger partial charge in [-0.05, 0) is 38.3 Å². The van der Waals surface area contributed by atoms with Gasteiger partial charge in [-0.25, -0.2) is 4.79 Å². The first kappa shape index (κ1) is 12.2. The molecule has 2 N–H and O–H groups in total. The van der Waals surface area contributed by atoms with Crippen LogP contribution in [0.25, 0.3) is 0 Å². The molecule has 1 heterocycles. The van der Waals surface area contributed by atoms with Gasteiger partial charge in [0.15, 0.2) is 0 Å². The highest BCUT2D eigenvalue weighted by molar-refractivity contribution is 5.86. The summed E-state index contributed by atoms with van der Waals surface area (Å²) < 4.78 is 5.25. The lowest BCUT2D eigenvalue weighted by atomic mass is 10.2. The molecular weight excluding hydrogens is 218 g/mol. The summed E-state index contributed by atoms with van der Waals surface area (Å²) in [5.41, 5.74) is 0.687. The second-order valence-corrected chi connectivity index (χ2v) is 4.79. The molecular formula is C13H19NO3. The summed E-state index contributed by atoms with van der Waals surface area (Å²) in [5.74, 6) is 0.731. The predicted molar refractivity (Wildman–Crippen MR) is 64.1 cm³/mol. The lowest BCUT2D eigenvalue weighted by molar-refractivity contribution is 0.0659. The maximum Gasteiger partial charge on any atom is 0.372 e. The van der Waals surface area contributed by atoms with E-state index in [4.69, 9.17) is 9.52 Å². The lowest BCUT2D eigenvalue weighted by Crippen LogP contribution is -2.14. The Kier molecular flexibility index (Phi) is 3.84. The number of aryl methyl sites for hydroxylation is 1. The Bertz CT molecular complexity index is 393. The first-order valence-electron chi connectivity index (χ1n) is 6.20. The van der Waals surface area contributed by atoms with Gasteiger partial charge in [0.1, 0.15) is 5.76 Å². The number of furan rings is 1. The van der Waals surface area contributed by atoms with Crippen LogP contribution in [0.3, 0.4) is 0 Å². The minimum Gasteiger partial charge on any atom is -0.475 e. The van der Waals surface area contributed by atoms with E-state index >= 15 is 0 Å². The van der Waals surface area contributed by atoms with E-state index < -0.39 is 5.97 Å². The molecule has 1 aliphatic carbocycles. The molecule has 0 spiro atoms. The van der Waals surface area contributed by atoms with Crippen LogP contribution in [0.4, 0.5) is 0 Å². The highest BCUT2D eigenvalue weighted by Crippen LogP contribution is 2.33. The van der Waals surface area contributed by atoms with Crippen molar-refractivity contribution in [3.63, 3.8) is 0 Å². The van der Waals surface area contributed by atoms with Crippen molar-refractivity contribution in [2.24, 2.45) is 5.92 Å². The van der Waals surface area contributed by atoms with Crippen LogP contribution >= 0.6 is 0 Å². The molecule has 94 valence electrons. The van der Waals surface area contributed by atoms with E-state index in [2.05, 4.69) is 5.32 Å². The van der Waals surface area contributed by atoms with Crippen LogP contribution in [0.15, 0.2) is 10.5 Å². The fourth-order valence-corrected chi connectivity index (χ4v) is 1.98. The van der Waals surface area contributed by atoms with Gasteiger partial charge in [0, 0.05) is 5.56 Å². The molecule has 4 nitrogen and oxygen atoms in total. The zero-order valence-electron chi connectivity index (χ0n) is 10.2. The van der Waals surface area contributed by atoms with Gasteiger partial charge in [-0.2, -0.15) is 0 Å². The molecule has 1 aromatic rings. The average Bonchev–Trinajstić information content (AvgIpc) is 3.01. The molecule has 0 aliphatic heterocycles. The topological polar surface area (TPSA) is 62.5 Å². The molecule has 1 saturated carbocycles. The molecule has 2 rings (SSSR count). The Hall–Kier alpha value is -1.29. The van der Waals surface area contributed by atoms with Crippen molar-refractivity contribution < 1.29 is 14.3 Å². The summed E-state index contributed by atoms with van der Waals surface area (Å²) in [6.07, 6.45) is 5.30. The highest BCUT2D eigenvalue weighted by Gasteiger charge is 2.20. The molecule has 0 radical (unpaired) electrons. The molecule has 0 bridgehead atoms. The van der Waals surface area contributed by atoms with Gasteiger partial charge in [0.25, 0.3) is 0 Å². The summed E-state index contributed by atoms with van der Waals surface area (Å²) in [6.45, 7) is 3.33. The van der Waals surface area contributed by atoms with Crippen LogP contribution < -0.4 is 5.32 Å². The second-order valence-electron chi connectivity index (χ2n) is 4.79. The summed E-state index contributed by atoms with van der Waals surface area (Å²) in [6, 6.07) is 1.79. The zero-order chi connectivity index (χ0) is 12.3. The molecule has 0 amide bonds. The van der Waals surface area contributed by atoms with E-state index in [9.17, 15) is 4.79 Å². The minimum atomic E-state index is -0.998. The maximum atomic E-state index is 10.8. The van der Waals surface area contributed by atoms with Crippen molar-refractivity contribution in [3.05, 3.63) is 23.2 Å². The quantitative estimate of drug-likeness (QED) is 0.715. The van der Waals surface area contributed by atoms with Crippen LogP contribution in [0.1, 0.15) is 47.6 Å². The van der Waals surface area contributed by atoms with Crippen molar-refractivity contribution in [2.75, 3.05) is 6.54 Å². The maximum absolute atomic E-state index is 10.8. The monoisotopic (exact) mass is 237 g/mol. The Morgan fingerprint density at radius 1 is 1.59 bits per heavy atom. The smallest absolute Gasteiger partial charge is 0.372 e. The van der Waals surface area contributed by atoms with Crippen molar-refractivity contribution in [1.29, 1.82) is 0 Å². The molecule has 0 aromatic carbocycles. The van der Waals surface area contributed by atoms with Gasteiger partial charge in [-0.15, -0.1) is 0 Å². The molecule has 1 fully saturated rings. The number of rotatable bonds is 7. The largest absolute Gasteiger partial charge is 0.475 e. The third kappa shape index (κ3) is 3.60. The zero-order valence-corrected chi connectivity index (χ0v) is 10.2. The molecule has 0 saturated heterocycles. The SMILES string of the molecule is Cc1cc(CNCCCC2CC2)oc1C(=O)O.